The molecule has 26 heteroatoms. The first-order valence-electron chi connectivity index (χ1n) is 31.3. The van der Waals surface area contributed by atoms with E-state index in [2.05, 4.69) is 33.0 Å². The Morgan fingerprint density at radius 2 is 1.56 bits per heavy atom. The number of esters is 2. The molecule has 4 N–H and O–H groups in total. The molecular weight excluding hydrogens is 1200 g/mol. The number of benzene rings is 2. The van der Waals surface area contributed by atoms with Crippen LogP contribution in [0.1, 0.15) is 133 Å². The summed E-state index contributed by atoms with van der Waals surface area (Å²) in [6.45, 7) is 13.5. The highest BCUT2D eigenvalue weighted by molar-refractivity contribution is 7.60. The van der Waals surface area contributed by atoms with Gasteiger partial charge in [0.25, 0.3) is 13.4 Å². The molecule has 9 rings (SSSR count). The number of alkyl halides is 1. The first-order chi connectivity index (χ1) is 42.9. The molecule has 488 valence electrons. The van der Waals surface area contributed by atoms with Gasteiger partial charge in [0.1, 0.15) is 36.8 Å². The van der Waals surface area contributed by atoms with Crippen molar-refractivity contribution in [1.29, 1.82) is 0 Å². The Labute approximate surface area is 527 Å². The fourth-order valence-electron chi connectivity index (χ4n) is 12.5. The second-order valence-corrected chi connectivity index (χ2v) is 28.6. The number of hydrogen-bond acceptors (Lipinski definition) is 15. The number of amides is 6. The van der Waals surface area contributed by atoms with Gasteiger partial charge in [-0.05, 0) is 123 Å². The number of thiophene rings is 1. The number of nitrogens with zero attached hydrogens (tertiary/aromatic N) is 5. The fraction of sp³-hybridized carbons (Fsp3) is 0.578. The van der Waals surface area contributed by atoms with Crippen LogP contribution in [0.3, 0.4) is 0 Å². The topological polar surface area (TPSA) is 275 Å². The molecule has 0 spiro atoms. The third-order valence-electron chi connectivity index (χ3n) is 17.5. The third-order valence-corrected chi connectivity index (χ3v) is 21.1. The van der Waals surface area contributed by atoms with Crippen molar-refractivity contribution >= 4 is 87.3 Å². The number of fused-ring (bicyclic) bond motifs is 2. The van der Waals surface area contributed by atoms with E-state index in [0.717, 1.165) is 23.3 Å². The van der Waals surface area contributed by atoms with Crippen molar-refractivity contribution in [3.63, 3.8) is 0 Å². The lowest BCUT2D eigenvalue weighted by molar-refractivity contribution is -0.157. The largest absolute Gasteiger partial charge is 0.465 e. The van der Waals surface area contributed by atoms with Gasteiger partial charge in [0.05, 0.1) is 47.9 Å². The summed E-state index contributed by atoms with van der Waals surface area (Å²) < 4.78 is 58.3. The number of rotatable bonds is 23. The van der Waals surface area contributed by atoms with Crippen LogP contribution in [0.2, 0.25) is 0 Å². The molecule has 0 radical (unpaired) electrons. The number of morpholine rings is 1. The maximum atomic E-state index is 17.0. The summed E-state index contributed by atoms with van der Waals surface area (Å²) in [4.78, 5) is 128. The number of hydrogen-bond donors (Lipinski definition) is 4. The molecule has 4 aliphatic heterocycles. The molecule has 5 aliphatic rings. The van der Waals surface area contributed by atoms with E-state index in [0.29, 0.717) is 66.3 Å². The maximum absolute atomic E-state index is 17.0. The molecule has 3 unspecified atom stereocenters. The minimum Gasteiger partial charge on any atom is -0.465 e. The highest BCUT2D eigenvalue weighted by Gasteiger charge is 2.50. The predicted octanol–water partition coefficient (Wildman–Crippen LogP) is 6.53. The zero-order valence-corrected chi connectivity index (χ0v) is 54.2. The number of nitrogens with one attached hydrogen (secondary N) is 4. The molecule has 90 heavy (non-hydrogen) atoms. The Morgan fingerprint density at radius 3 is 2.20 bits per heavy atom. The average Bonchev–Trinajstić information content (AvgIpc) is 1.61. The minimum atomic E-state index is -4.52. The molecular formula is C64H85FN9O14PS. The second-order valence-electron chi connectivity index (χ2n) is 25.3. The number of carbonyl (C=O) groups is 8. The van der Waals surface area contributed by atoms with E-state index in [-0.39, 0.29) is 117 Å². The van der Waals surface area contributed by atoms with Crippen molar-refractivity contribution < 1.29 is 66.3 Å². The van der Waals surface area contributed by atoms with Gasteiger partial charge in [0.15, 0.2) is 0 Å². The summed E-state index contributed by atoms with van der Waals surface area (Å²) in [7, 11) is -2.85. The lowest BCUT2D eigenvalue weighted by Crippen LogP contribution is -2.61. The van der Waals surface area contributed by atoms with Crippen LogP contribution in [-0.2, 0) is 70.5 Å². The zero-order chi connectivity index (χ0) is 64.8. The highest BCUT2D eigenvalue weighted by Crippen LogP contribution is 2.55. The lowest BCUT2D eigenvalue weighted by Gasteiger charge is -2.41. The Balaban J connectivity index is 0.883. The van der Waals surface area contributed by atoms with Crippen LogP contribution < -0.4 is 26.5 Å². The van der Waals surface area contributed by atoms with Gasteiger partial charge in [0, 0.05) is 56.8 Å². The van der Waals surface area contributed by atoms with Gasteiger partial charge in [0.2, 0.25) is 35.4 Å². The number of carbonyl (C=O) groups excluding carboxylic acids is 8. The molecule has 4 fully saturated rings. The standard InChI is InChI=1S/C64H85FN9O14PS/c1-9-29-86-61(81)38(3)68-89(84,69-39(4)62(82)87-30-10-2)56(65)43-17-20-50-44(34-43)35-51(90-50)58(78)67-55(64(5,6)7)60(80)73-27-24-48(54(73)59(79)72-28-31-85-49(36-72)42-14-12-11-13-15-42)88-37-53(76)71-25-22-40(23-26-71)32-41-16-18-45-47(33-41)70(8)63(83)74(45)46-19-21-52(75)66-57(46)77/h11-14,16-18,20,33-35,38-40,42,46,48-49,54-56H,9-10,15,19,21-32,36-37H2,1-8H3,(H,67,78)(H,66,75,77)(H2,68,69,84)/t38-,39-,42?,46?,48+,49-,54-,55+,56?/m0/s1. The van der Waals surface area contributed by atoms with Crippen LogP contribution >= 0.6 is 18.8 Å². The van der Waals surface area contributed by atoms with Gasteiger partial charge in [-0.1, -0.05) is 71.1 Å². The monoisotopic (exact) mass is 1290 g/mol. The predicted molar refractivity (Wildman–Crippen MR) is 336 cm³/mol. The van der Waals surface area contributed by atoms with Gasteiger partial charge in [-0.25, -0.2) is 19.4 Å². The summed E-state index contributed by atoms with van der Waals surface area (Å²) in [5, 5.41) is 10.9. The van der Waals surface area contributed by atoms with Crippen LogP contribution in [0, 0.1) is 17.3 Å². The van der Waals surface area contributed by atoms with Gasteiger partial charge >= 0.3 is 17.6 Å². The Hall–Kier alpha value is -6.89. The van der Waals surface area contributed by atoms with Gasteiger partial charge in [-0.3, -0.25) is 57.4 Å². The van der Waals surface area contributed by atoms with Gasteiger partial charge in [-0.2, -0.15) is 0 Å². The first-order valence-corrected chi connectivity index (χ1v) is 33.9. The van der Waals surface area contributed by atoms with Crippen molar-refractivity contribution in [3.05, 3.63) is 93.3 Å². The molecule has 2 aromatic heterocycles. The summed E-state index contributed by atoms with van der Waals surface area (Å²) >= 11 is 1.09. The number of imide groups is 1. The number of ether oxygens (including phenoxy) is 4. The van der Waals surface area contributed by atoms with Gasteiger partial charge < -0.3 is 39.0 Å². The lowest BCUT2D eigenvalue weighted by atomic mass is 9.85. The quantitative estimate of drug-likeness (QED) is 0.0349. The second kappa shape index (κ2) is 29.2. The van der Waals surface area contributed by atoms with Crippen molar-refractivity contribution in [2.45, 2.75) is 155 Å². The first kappa shape index (κ1) is 67.5. The minimum absolute atomic E-state index is 0.0299. The average molecular weight is 1290 g/mol. The number of aryl methyl sites for hydroxylation is 1. The highest BCUT2D eigenvalue weighted by atomic mass is 32.1. The number of likely N-dealkylation sites (tertiary alicyclic amines) is 2. The number of allylic oxidation sites excluding steroid dienone is 3. The molecule has 2 aromatic carbocycles. The van der Waals surface area contributed by atoms with Crippen LogP contribution in [0.5, 0.6) is 0 Å². The molecule has 6 heterocycles. The molecule has 9 atom stereocenters. The van der Waals surface area contributed by atoms with Crippen LogP contribution in [0.15, 0.2) is 71.6 Å². The SMILES string of the molecule is CCCOC(=O)[C@H](C)NP(=O)(N[C@@H](C)C(=O)OCCC)C(F)c1ccc2sc(C(=O)N[C@H](C(=O)N3CC[C@@H](OCC(=O)N4CCC(Cc5ccc6c(c5)n(C)c(=O)n6C5CCC(=O)NC5=O)CC4)[C@H]3C(=O)N3CCO[C@H](C4C=CC=CC4)C3)C(C)(C)C)cc2c1. The van der Waals surface area contributed by atoms with E-state index >= 15 is 14.0 Å². The van der Waals surface area contributed by atoms with E-state index in [1.54, 1.807) is 57.5 Å². The number of aromatic nitrogens is 2. The normalized spacial score (nSPS) is 22.3. The van der Waals surface area contributed by atoms with Crippen molar-refractivity contribution in [2.75, 3.05) is 59.2 Å². The van der Waals surface area contributed by atoms with Crippen molar-refractivity contribution in [1.82, 2.24) is 44.6 Å². The Morgan fingerprint density at radius 1 is 0.856 bits per heavy atom. The maximum Gasteiger partial charge on any atom is 0.329 e. The number of halogens is 1. The molecule has 0 bridgehead atoms. The Kier molecular flexibility index (Phi) is 21.9. The molecule has 4 saturated heterocycles. The van der Waals surface area contributed by atoms with E-state index in [1.807, 2.05) is 30.4 Å². The van der Waals surface area contributed by atoms with E-state index in [4.69, 9.17) is 18.9 Å². The number of imidazole rings is 1. The smallest absolute Gasteiger partial charge is 0.329 e. The van der Waals surface area contributed by atoms with Gasteiger partial charge in [-0.15, -0.1) is 11.3 Å². The molecule has 23 nitrogen and oxygen atoms in total. The molecule has 1 aliphatic carbocycles. The van der Waals surface area contributed by atoms with Crippen LogP contribution in [0.25, 0.3) is 21.1 Å². The summed E-state index contributed by atoms with van der Waals surface area (Å²) in [6.07, 6.45) is 11.4. The summed E-state index contributed by atoms with van der Waals surface area (Å²) in [6, 6.07) is 6.12. The Bertz CT molecular complexity index is 3500. The van der Waals surface area contributed by atoms with E-state index < -0.39 is 84.7 Å². The van der Waals surface area contributed by atoms with Crippen LogP contribution in [0.4, 0.5) is 4.39 Å². The molecule has 6 amide bonds. The third kappa shape index (κ3) is 15.4. The van der Waals surface area contributed by atoms with E-state index in [1.165, 1.54) is 46.1 Å². The molecule has 0 saturated carbocycles. The van der Waals surface area contributed by atoms with Crippen molar-refractivity contribution in [2.24, 2.45) is 24.3 Å². The van der Waals surface area contributed by atoms with Crippen LogP contribution in [-0.4, -0.2) is 167 Å². The van der Waals surface area contributed by atoms with Crippen molar-refractivity contribution in [3.8, 4) is 0 Å². The summed E-state index contributed by atoms with van der Waals surface area (Å²) in [5.41, 5.74) is 0.967. The number of piperidine rings is 2. The fourth-order valence-corrected chi connectivity index (χ4v) is 15.7. The molecule has 4 aromatic rings. The zero-order valence-electron chi connectivity index (χ0n) is 52.5. The summed E-state index contributed by atoms with van der Waals surface area (Å²) in [5.74, 6) is -6.16. The van der Waals surface area contributed by atoms with E-state index in [9.17, 15) is 38.1 Å².